The van der Waals surface area contributed by atoms with E-state index in [1.807, 2.05) is 30.3 Å². The fourth-order valence-corrected chi connectivity index (χ4v) is 2.51. The molecule has 0 spiro atoms. The molecule has 2 nitrogen and oxygen atoms in total. The summed E-state index contributed by atoms with van der Waals surface area (Å²) in [4.78, 5) is 4.32. The minimum absolute atomic E-state index is 0.0834. The van der Waals surface area contributed by atoms with E-state index in [9.17, 15) is 9.50 Å². The molecule has 0 aliphatic heterocycles. The molecule has 0 fully saturated rings. The minimum Gasteiger partial charge on any atom is -0.388 e. The molecule has 106 valence electrons. The number of rotatable bonds is 3. The number of benzene rings is 2. The lowest BCUT2D eigenvalue weighted by atomic mass is 9.99. The number of hydrogen-bond acceptors (Lipinski definition) is 2. The molecule has 2 aromatic carbocycles. The van der Waals surface area contributed by atoms with Crippen LogP contribution in [0.25, 0.3) is 10.9 Å². The quantitative estimate of drug-likeness (QED) is 0.782. The molecule has 1 heterocycles. The Kier molecular flexibility index (Phi) is 3.86. The number of halogens is 2. The van der Waals surface area contributed by atoms with Gasteiger partial charge in [-0.25, -0.2) is 4.39 Å². The first-order valence-electron chi connectivity index (χ1n) is 6.61. The Labute approximate surface area is 126 Å². The van der Waals surface area contributed by atoms with Crippen molar-refractivity contribution in [2.45, 2.75) is 12.5 Å². The minimum atomic E-state index is -0.746. The Hall–Kier alpha value is -1.97. The molecule has 0 aliphatic carbocycles. The smallest absolute Gasteiger partial charge is 0.142 e. The van der Waals surface area contributed by atoms with Gasteiger partial charge in [0.15, 0.2) is 0 Å². The maximum absolute atomic E-state index is 13.5. The average molecular weight is 302 g/mol. The molecule has 1 N–H and O–H groups in total. The molecule has 1 atom stereocenters. The second kappa shape index (κ2) is 5.80. The Morgan fingerprint density at radius 3 is 2.76 bits per heavy atom. The SMILES string of the molecule is OC(Cc1ccc(Cl)c(F)c1)c1cccc2cccnc12. The van der Waals surface area contributed by atoms with E-state index in [0.29, 0.717) is 12.0 Å². The van der Waals surface area contributed by atoms with E-state index in [-0.39, 0.29) is 5.02 Å². The number of pyridine rings is 1. The van der Waals surface area contributed by atoms with E-state index in [4.69, 9.17) is 11.6 Å². The number of aromatic nitrogens is 1. The Balaban J connectivity index is 1.93. The summed E-state index contributed by atoms with van der Waals surface area (Å²) in [5.41, 5.74) is 2.20. The average Bonchev–Trinajstić information content (AvgIpc) is 2.50. The van der Waals surface area contributed by atoms with Crippen LogP contribution in [0.5, 0.6) is 0 Å². The van der Waals surface area contributed by atoms with Gasteiger partial charge in [-0.3, -0.25) is 4.98 Å². The molecular weight excluding hydrogens is 289 g/mol. The molecule has 0 aliphatic rings. The van der Waals surface area contributed by atoms with Crippen molar-refractivity contribution in [1.82, 2.24) is 4.98 Å². The lowest BCUT2D eigenvalue weighted by molar-refractivity contribution is 0.179. The zero-order chi connectivity index (χ0) is 14.8. The number of para-hydroxylation sites is 1. The van der Waals surface area contributed by atoms with Crippen LogP contribution in [0, 0.1) is 5.82 Å². The third-order valence-corrected chi connectivity index (χ3v) is 3.74. The molecule has 0 saturated heterocycles. The first kappa shape index (κ1) is 14.0. The number of nitrogens with zero attached hydrogens (tertiary/aromatic N) is 1. The second-order valence-corrected chi connectivity index (χ2v) is 5.30. The molecule has 1 aromatic heterocycles. The first-order valence-corrected chi connectivity index (χ1v) is 6.98. The van der Waals surface area contributed by atoms with Gasteiger partial charge in [0.05, 0.1) is 16.6 Å². The van der Waals surface area contributed by atoms with Gasteiger partial charge in [0.25, 0.3) is 0 Å². The molecule has 1 unspecified atom stereocenters. The van der Waals surface area contributed by atoms with Gasteiger partial charge in [-0.15, -0.1) is 0 Å². The van der Waals surface area contributed by atoms with Crippen LogP contribution in [0.15, 0.2) is 54.7 Å². The highest BCUT2D eigenvalue weighted by Crippen LogP contribution is 2.26. The number of hydrogen-bond donors (Lipinski definition) is 1. The fourth-order valence-electron chi connectivity index (χ4n) is 2.40. The van der Waals surface area contributed by atoms with E-state index in [1.54, 1.807) is 12.3 Å². The molecule has 0 bridgehead atoms. The van der Waals surface area contributed by atoms with E-state index in [1.165, 1.54) is 12.1 Å². The maximum atomic E-state index is 13.5. The Morgan fingerprint density at radius 2 is 1.95 bits per heavy atom. The summed E-state index contributed by atoms with van der Waals surface area (Å²) in [6.45, 7) is 0. The van der Waals surface area contributed by atoms with E-state index in [0.717, 1.165) is 16.5 Å². The van der Waals surface area contributed by atoms with Crippen LogP contribution in [-0.4, -0.2) is 10.1 Å². The lowest BCUT2D eigenvalue weighted by Gasteiger charge is -2.13. The summed E-state index contributed by atoms with van der Waals surface area (Å²) in [5.74, 6) is -0.475. The monoisotopic (exact) mass is 301 g/mol. The zero-order valence-corrected chi connectivity index (χ0v) is 11.9. The summed E-state index contributed by atoms with van der Waals surface area (Å²) in [6.07, 6.45) is 1.26. The van der Waals surface area contributed by atoms with Gasteiger partial charge in [0, 0.05) is 23.6 Å². The number of aliphatic hydroxyl groups excluding tert-OH is 1. The van der Waals surface area contributed by atoms with E-state index < -0.39 is 11.9 Å². The van der Waals surface area contributed by atoms with Gasteiger partial charge in [-0.2, -0.15) is 0 Å². The summed E-state index contributed by atoms with van der Waals surface area (Å²) in [6, 6.07) is 14.0. The molecule has 3 rings (SSSR count). The second-order valence-electron chi connectivity index (χ2n) is 4.89. The van der Waals surface area contributed by atoms with Crippen molar-refractivity contribution in [3.63, 3.8) is 0 Å². The van der Waals surface area contributed by atoms with Crippen molar-refractivity contribution in [1.29, 1.82) is 0 Å². The predicted octanol–water partition coefficient (Wildman–Crippen LogP) is 4.30. The highest BCUT2D eigenvalue weighted by molar-refractivity contribution is 6.30. The Morgan fingerprint density at radius 1 is 1.14 bits per heavy atom. The van der Waals surface area contributed by atoms with Crippen molar-refractivity contribution in [3.8, 4) is 0 Å². The van der Waals surface area contributed by atoms with Crippen LogP contribution in [0.1, 0.15) is 17.2 Å². The van der Waals surface area contributed by atoms with Crippen molar-refractivity contribution >= 4 is 22.5 Å². The van der Waals surface area contributed by atoms with Crippen LogP contribution >= 0.6 is 11.6 Å². The Bertz CT molecular complexity index is 785. The van der Waals surface area contributed by atoms with Crippen LogP contribution < -0.4 is 0 Å². The van der Waals surface area contributed by atoms with Gasteiger partial charge in [-0.05, 0) is 23.8 Å². The molecular formula is C17H13ClFNO. The number of fused-ring (bicyclic) bond motifs is 1. The molecule has 3 aromatic rings. The van der Waals surface area contributed by atoms with Crippen LogP contribution in [0.4, 0.5) is 4.39 Å². The first-order chi connectivity index (χ1) is 10.1. The van der Waals surface area contributed by atoms with Gasteiger partial charge < -0.3 is 5.11 Å². The van der Waals surface area contributed by atoms with Gasteiger partial charge in [0.1, 0.15) is 5.82 Å². The third-order valence-electron chi connectivity index (χ3n) is 3.44. The molecule has 0 radical (unpaired) electrons. The van der Waals surface area contributed by atoms with Gasteiger partial charge in [-0.1, -0.05) is 41.9 Å². The van der Waals surface area contributed by atoms with Crippen molar-refractivity contribution in [3.05, 3.63) is 76.7 Å². The maximum Gasteiger partial charge on any atom is 0.142 e. The van der Waals surface area contributed by atoms with Crippen molar-refractivity contribution in [2.24, 2.45) is 0 Å². The highest BCUT2D eigenvalue weighted by atomic mass is 35.5. The van der Waals surface area contributed by atoms with Crippen LogP contribution in [0.2, 0.25) is 5.02 Å². The van der Waals surface area contributed by atoms with E-state index in [2.05, 4.69) is 4.98 Å². The van der Waals surface area contributed by atoms with Crippen molar-refractivity contribution < 1.29 is 9.50 Å². The van der Waals surface area contributed by atoms with E-state index >= 15 is 0 Å². The van der Waals surface area contributed by atoms with Crippen LogP contribution in [0.3, 0.4) is 0 Å². The predicted molar refractivity (Wildman–Crippen MR) is 81.8 cm³/mol. The molecule has 21 heavy (non-hydrogen) atoms. The summed E-state index contributed by atoms with van der Waals surface area (Å²) < 4.78 is 13.5. The summed E-state index contributed by atoms with van der Waals surface area (Å²) >= 11 is 5.66. The molecule has 0 amide bonds. The third kappa shape index (κ3) is 2.89. The largest absolute Gasteiger partial charge is 0.388 e. The van der Waals surface area contributed by atoms with Gasteiger partial charge >= 0.3 is 0 Å². The normalized spacial score (nSPS) is 12.5. The standard InChI is InChI=1S/C17H13ClFNO/c18-14-7-6-11(9-15(14)19)10-16(21)13-5-1-3-12-4-2-8-20-17(12)13/h1-9,16,21H,10H2. The lowest BCUT2D eigenvalue weighted by Crippen LogP contribution is -2.03. The summed E-state index contributed by atoms with van der Waals surface area (Å²) in [5, 5.41) is 11.5. The van der Waals surface area contributed by atoms with Crippen molar-refractivity contribution in [2.75, 3.05) is 0 Å². The molecule has 4 heteroatoms. The topological polar surface area (TPSA) is 33.1 Å². The van der Waals surface area contributed by atoms with Gasteiger partial charge in [0.2, 0.25) is 0 Å². The highest BCUT2D eigenvalue weighted by Gasteiger charge is 2.13. The fraction of sp³-hybridized carbons (Fsp3) is 0.118. The van der Waals surface area contributed by atoms with Crippen LogP contribution in [-0.2, 0) is 6.42 Å². The summed E-state index contributed by atoms with van der Waals surface area (Å²) in [7, 11) is 0. The molecule has 0 saturated carbocycles. The number of aliphatic hydroxyl groups is 1. The zero-order valence-electron chi connectivity index (χ0n) is 11.1.